The molecule has 3 aromatic rings. The second-order valence-electron chi connectivity index (χ2n) is 7.35. The molecule has 1 aliphatic heterocycles. The smallest absolute Gasteiger partial charge is 0.416 e. The van der Waals surface area contributed by atoms with E-state index in [9.17, 15) is 27.9 Å². The number of hydrogen-bond acceptors (Lipinski definition) is 4. The molecule has 0 spiro atoms. The van der Waals surface area contributed by atoms with Crippen LogP contribution in [0.2, 0.25) is 0 Å². The third kappa shape index (κ3) is 3.77. The fraction of sp³-hybridized carbons (Fsp3) is 0.217. The number of ether oxygens (including phenoxy) is 1. The predicted octanol–water partition coefficient (Wildman–Crippen LogP) is 5.26. The summed E-state index contributed by atoms with van der Waals surface area (Å²) in [6.45, 7) is 1.58. The number of aromatic nitrogens is 1. The Balaban J connectivity index is 2.06. The monoisotopic (exact) mass is 461 g/mol. The summed E-state index contributed by atoms with van der Waals surface area (Å²) in [4.78, 5) is 25.1. The summed E-state index contributed by atoms with van der Waals surface area (Å²) in [6.07, 6.45) is -4.46. The van der Waals surface area contributed by atoms with Crippen LogP contribution in [0.1, 0.15) is 38.1 Å². The molecule has 32 heavy (non-hydrogen) atoms. The van der Waals surface area contributed by atoms with Crippen molar-refractivity contribution >= 4 is 17.7 Å². The van der Waals surface area contributed by atoms with Crippen molar-refractivity contribution in [3.8, 4) is 11.4 Å². The van der Waals surface area contributed by atoms with Gasteiger partial charge < -0.3 is 14.4 Å². The first-order chi connectivity index (χ1) is 15.1. The molecule has 0 unspecified atom stereocenters. The van der Waals surface area contributed by atoms with Crippen molar-refractivity contribution in [1.82, 2.24) is 4.57 Å². The fourth-order valence-corrected chi connectivity index (χ4v) is 5.28. The van der Waals surface area contributed by atoms with Crippen LogP contribution < -0.4 is 10.2 Å². The van der Waals surface area contributed by atoms with E-state index in [1.807, 2.05) is 6.07 Å². The summed E-state index contributed by atoms with van der Waals surface area (Å²) in [5.41, 5.74) is -0.516. The number of alkyl halides is 3. The van der Waals surface area contributed by atoms with E-state index in [1.54, 1.807) is 25.1 Å². The summed E-state index contributed by atoms with van der Waals surface area (Å²) in [5, 5.41) is 9.38. The summed E-state index contributed by atoms with van der Waals surface area (Å²) in [6, 6.07) is 11.7. The van der Waals surface area contributed by atoms with Gasteiger partial charge in [-0.1, -0.05) is 18.2 Å². The van der Waals surface area contributed by atoms with Gasteiger partial charge in [-0.3, -0.25) is 4.79 Å². The van der Waals surface area contributed by atoms with Gasteiger partial charge in [0.1, 0.15) is 11.3 Å². The molecule has 1 N–H and O–H groups in total. The summed E-state index contributed by atoms with van der Waals surface area (Å²) >= 11 is 1.31. The molecular weight excluding hydrogens is 443 g/mol. The minimum Gasteiger partial charge on any atom is -0.496 e. The molecule has 2 heterocycles. The Morgan fingerprint density at radius 3 is 2.56 bits per heavy atom. The lowest BCUT2D eigenvalue weighted by atomic mass is 10.0. The molecule has 1 aromatic heterocycles. The molecule has 0 fully saturated rings. The quantitative estimate of drug-likeness (QED) is 0.576. The van der Waals surface area contributed by atoms with E-state index in [1.165, 1.54) is 29.5 Å². The van der Waals surface area contributed by atoms with Gasteiger partial charge in [-0.25, -0.2) is 4.79 Å². The van der Waals surface area contributed by atoms with E-state index in [0.717, 1.165) is 23.8 Å². The van der Waals surface area contributed by atoms with Crippen LogP contribution in [-0.4, -0.2) is 22.8 Å². The number of halogens is 3. The molecule has 0 aliphatic carbocycles. The SMILES string of the molecule is COc1ccccc1[C@H]1Cc2c(C(=O)O)c(=O)cc(C)n2-c2cc(C(F)(F)F)ccc2S1. The second kappa shape index (κ2) is 8.05. The van der Waals surface area contributed by atoms with Gasteiger partial charge in [0.15, 0.2) is 5.43 Å². The zero-order chi connectivity index (χ0) is 23.2. The lowest BCUT2D eigenvalue weighted by molar-refractivity contribution is -0.137. The average molecular weight is 461 g/mol. The number of thioether (sulfide) groups is 1. The van der Waals surface area contributed by atoms with Gasteiger partial charge in [0, 0.05) is 39.6 Å². The molecule has 1 aliphatic rings. The van der Waals surface area contributed by atoms with Gasteiger partial charge in [0.2, 0.25) is 0 Å². The molecule has 0 saturated carbocycles. The molecule has 0 bridgehead atoms. The predicted molar refractivity (Wildman–Crippen MR) is 114 cm³/mol. The number of hydrogen-bond donors (Lipinski definition) is 1. The Kier molecular flexibility index (Phi) is 5.54. The highest BCUT2D eigenvalue weighted by Crippen LogP contribution is 2.47. The number of para-hydroxylation sites is 1. The third-order valence-corrected chi connectivity index (χ3v) is 6.68. The van der Waals surface area contributed by atoms with Crippen LogP contribution in [0.4, 0.5) is 13.2 Å². The van der Waals surface area contributed by atoms with Crippen LogP contribution in [-0.2, 0) is 12.6 Å². The van der Waals surface area contributed by atoms with Gasteiger partial charge in [0.25, 0.3) is 0 Å². The molecule has 166 valence electrons. The Bertz CT molecular complexity index is 1280. The first-order valence-corrected chi connectivity index (χ1v) is 10.5. The molecular formula is C23H18F3NO4S. The van der Waals surface area contributed by atoms with E-state index in [4.69, 9.17) is 4.74 Å². The number of rotatable bonds is 3. The lowest BCUT2D eigenvalue weighted by Gasteiger charge is -2.20. The highest BCUT2D eigenvalue weighted by Gasteiger charge is 2.34. The molecule has 0 radical (unpaired) electrons. The van der Waals surface area contributed by atoms with Crippen molar-refractivity contribution in [1.29, 1.82) is 0 Å². The highest BCUT2D eigenvalue weighted by molar-refractivity contribution is 7.99. The van der Waals surface area contributed by atoms with Gasteiger partial charge in [-0.15, -0.1) is 11.8 Å². The number of fused-ring (bicyclic) bond motifs is 3. The Morgan fingerprint density at radius 2 is 1.91 bits per heavy atom. The van der Waals surface area contributed by atoms with Crippen LogP contribution in [0.3, 0.4) is 0 Å². The van der Waals surface area contributed by atoms with E-state index in [-0.39, 0.29) is 17.8 Å². The Morgan fingerprint density at radius 1 is 1.19 bits per heavy atom. The summed E-state index contributed by atoms with van der Waals surface area (Å²) in [5.74, 6) is -0.850. The topological polar surface area (TPSA) is 68.5 Å². The number of carboxylic acid groups (broad SMARTS) is 1. The second-order valence-corrected chi connectivity index (χ2v) is 8.59. The van der Waals surface area contributed by atoms with Gasteiger partial charge in [-0.05, 0) is 31.2 Å². The fourth-order valence-electron chi connectivity index (χ4n) is 4.00. The van der Waals surface area contributed by atoms with E-state index in [0.29, 0.717) is 16.3 Å². The molecule has 4 rings (SSSR count). The largest absolute Gasteiger partial charge is 0.496 e. The van der Waals surface area contributed by atoms with Crippen molar-refractivity contribution in [2.45, 2.75) is 29.7 Å². The van der Waals surface area contributed by atoms with Crippen LogP contribution in [0, 0.1) is 6.92 Å². The van der Waals surface area contributed by atoms with Crippen molar-refractivity contribution in [3.05, 3.63) is 86.8 Å². The van der Waals surface area contributed by atoms with E-state index < -0.39 is 34.0 Å². The first kappa shape index (κ1) is 22.0. The molecule has 5 nitrogen and oxygen atoms in total. The summed E-state index contributed by atoms with van der Waals surface area (Å²) in [7, 11) is 1.51. The number of aryl methyl sites for hydroxylation is 1. The van der Waals surface area contributed by atoms with E-state index in [2.05, 4.69) is 0 Å². The number of carbonyl (C=O) groups is 1. The van der Waals surface area contributed by atoms with Crippen molar-refractivity contribution in [3.63, 3.8) is 0 Å². The van der Waals surface area contributed by atoms with Crippen LogP contribution >= 0.6 is 11.8 Å². The number of aromatic carboxylic acids is 1. The molecule has 0 amide bonds. The molecule has 9 heteroatoms. The minimum atomic E-state index is -4.57. The zero-order valence-electron chi connectivity index (χ0n) is 17.1. The first-order valence-electron chi connectivity index (χ1n) is 9.62. The van der Waals surface area contributed by atoms with Crippen LogP contribution in [0.5, 0.6) is 5.75 Å². The average Bonchev–Trinajstić information content (AvgIpc) is 2.89. The maximum atomic E-state index is 13.5. The number of methoxy groups -OCH3 is 1. The van der Waals surface area contributed by atoms with Gasteiger partial charge in [-0.2, -0.15) is 13.2 Å². The number of carboxylic acids is 1. The van der Waals surface area contributed by atoms with Gasteiger partial charge >= 0.3 is 12.1 Å². The van der Waals surface area contributed by atoms with Crippen molar-refractivity contribution in [2.75, 3.05) is 7.11 Å². The lowest BCUT2D eigenvalue weighted by Crippen LogP contribution is -2.24. The molecule has 0 saturated heterocycles. The maximum absolute atomic E-state index is 13.5. The number of nitrogens with zero attached hydrogens (tertiary/aromatic N) is 1. The third-order valence-electron chi connectivity index (χ3n) is 5.37. The van der Waals surface area contributed by atoms with E-state index >= 15 is 0 Å². The normalized spacial score (nSPS) is 15.5. The minimum absolute atomic E-state index is 0.111. The van der Waals surface area contributed by atoms with Crippen LogP contribution in [0.15, 0.2) is 58.2 Å². The molecule has 2 aromatic carbocycles. The number of benzene rings is 2. The number of pyridine rings is 1. The van der Waals surface area contributed by atoms with Crippen LogP contribution in [0.25, 0.3) is 5.69 Å². The molecule has 1 atom stereocenters. The maximum Gasteiger partial charge on any atom is 0.416 e. The highest BCUT2D eigenvalue weighted by atomic mass is 32.2. The Labute approximate surface area is 185 Å². The standard InChI is InChI=1S/C23H18F3NO4S/c1-12-9-17(28)21(22(29)30)16-11-20(14-5-3-4-6-18(14)31-2)32-19-8-7-13(23(24,25)26)10-15(19)27(12)16/h3-10,20H,11H2,1-2H3,(H,29,30)/t20-/m1/s1. The zero-order valence-corrected chi connectivity index (χ0v) is 17.9. The van der Waals surface area contributed by atoms with Crippen molar-refractivity contribution < 1.29 is 27.8 Å². The van der Waals surface area contributed by atoms with Crippen molar-refractivity contribution in [2.24, 2.45) is 0 Å². The summed E-state index contributed by atoms with van der Waals surface area (Å²) < 4.78 is 47.3. The Hall–Kier alpha value is -3.20. The van der Waals surface area contributed by atoms with Gasteiger partial charge in [0.05, 0.1) is 18.4 Å².